The lowest BCUT2D eigenvalue weighted by atomic mass is 9.98. The number of fused-ring (bicyclic) bond motifs is 2. The quantitative estimate of drug-likeness (QED) is 0.0846. The molecule has 0 saturated carbocycles. The lowest BCUT2D eigenvalue weighted by molar-refractivity contribution is -0.135. The van der Waals surface area contributed by atoms with E-state index in [2.05, 4.69) is 9.47 Å². The van der Waals surface area contributed by atoms with Gasteiger partial charge in [-0.1, -0.05) is 41.9 Å². The molecule has 7 rings (SSSR count). The van der Waals surface area contributed by atoms with Crippen LogP contribution in [0.1, 0.15) is 65.8 Å². The Bertz CT molecular complexity index is 2560. The summed E-state index contributed by atoms with van der Waals surface area (Å²) in [6, 6.07) is 20.1. The van der Waals surface area contributed by atoms with Gasteiger partial charge < -0.3 is 23.7 Å². The molecule has 2 aromatic heterocycles. The number of benzene rings is 4. The second-order valence-electron chi connectivity index (χ2n) is 16.8. The summed E-state index contributed by atoms with van der Waals surface area (Å²) < 4.78 is 36.4. The van der Waals surface area contributed by atoms with Crippen LogP contribution in [-0.4, -0.2) is 87.6 Å². The summed E-state index contributed by atoms with van der Waals surface area (Å²) in [7, 11) is 1.92. The van der Waals surface area contributed by atoms with Crippen LogP contribution in [0.3, 0.4) is 0 Å². The Morgan fingerprint density at radius 2 is 1.57 bits per heavy atom. The molecule has 4 aromatic carbocycles. The van der Waals surface area contributed by atoms with Crippen LogP contribution in [0, 0.1) is 33.5 Å². The number of rotatable bonds is 13. The average Bonchev–Trinajstić information content (AvgIpc) is 3.65. The third kappa shape index (κ3) is 9.02. The zero-order valence-corrected chi connectivity index (χ0v) is 36.7. The van der Waals surface area contributed by atoms with Gasteiger partial charge in [0, 0.05) is 73.9 Å². The second-order valence-corrected chi connectivity index (χ2v) is 17.2. The standard InChI is InChI=1S/C48H55ClFN5O5/c1-30-12-9-15-40(31(30)2)59-29-42(56)54-24-21-53(22-25-54)23-26-55-45-38(19-20-39(49)44(45)43-32(3)51-52(8)33(43)4)37(46(55)47(57)60-48(5,6)7)14-11-27-58-41-16-10-13-34-28-35(50)17-18-36(34)41/h9-10,12-13,15-20,28H,11,14,21-27,29H2,1-8H3. The van der Waals surface area contributed by atoms with Crippen LogP contribution in [-0.2, 0) is 29.5 Å². The second kappa shape index (κ2) is 17.7. The Kier molecular flexibility index (Phi) is 12.6. The van der Waals surface area contributed by atoms with Crippen molar-refractivity contribution in [2.45, 2.75) is 73.5 Å². The highest BCUT2D eigenvalue weighted by Crippen LogP contribution is 2.42. The molecule has 60 heavy (non-hydrogen) atoms. The highest BCUT2D eigenvalue weighted by atomic mass is 35.5. The zero-order chi connectivity index (χ0) is 42.9. The van der Waals surface area contributed by atoms with Gasteiger partial charge in [0.1, 0.15) is 28.6 Å². The number of aromatic nitrogens is 3. The number of piperazine rings is 1. The van der Waals surface area contributed by atoms with Crippen molar-refractivity contribution in [3.63, 3.8) is 0 Å². The molecule has 0 bridgehead atoms. The minimum atomic E-state index is -0.742. The van der Waals surface area contributed by atoms with E-state index in [-0.39, 0.29) is 18.3 Å². The van der Waals surface area contributed by atoms with Crippen molar-refractivity contribution in [1.29, 1.82) is 0 Å². The maximum absolute atomic E-state index is 14.5. The van der Waals surface area contributed by atoms with E-state index in [0.717, 1.165) is 66.6 Å². The Morgan fingerprint density at radius 3 is 2.28 bits per heavy atom. The van der Waals surface area contributed by atoms with E-state index in [1.807, 2.05) is 114 Å². The van der Waals surface area contributed by atoms with E-state index in [0.29, 0.717) is 75.2 Å². The molecule has 1 aliphatic heterocycles. The number of amides is 1. The summed E-state index contributed by atoms with van der Waals surface area (Å²) in [4.78, 5) is 32.0. The maximum Gasteiger partial charge on any atom is 0.355 e. The molecule has 0 unspecified atom stereocenters. The Morgan fingerprint density at radius 1 is 0.850 bits per heavy atom. The van der Waals surface area contributed by atoms with Crippen molar-refractivity contribution < 1.29 is 28.2 Å². The van der Waals surface area contributed by atoms with E-state index in [9.17, 15) is 14.0 Å². The summed E-state index contributed by atoms with van der Waals surface area (Å²) in [6.45, 7) is 17.6. The topological polar surface area (TPSA) is 91.1 Å². The van der Waals surface area contributed by atoms with Crippen molar-refractivity contribution in [3.05, 3.63) is 111 Å². The van der Waals surface area contributed by atoms with Crippen molar-refractivity contribution >= 4 is 45.2 Å². The number of nitrogens with zero attached hydrogens (tertiary/aromatic N) is 5. The smallest absolute Gasteiger partial charge is 0.355 e. The molecule has 6 aromatic rings. The van der Waals surface area contributed by atoms with Crippen LogP contribution in [0.2, 0.25) is 5.02 Å². The molecule has 12 heteroatoms. The molecule has 0 aliphatic carbocycles. The molecule has 1 fully saturated rings. The molecule has 0 atom stereocenters. The van der Waals surface area contributed by atoms with E-state index in [1.54, 1.807) is 6.07 Å². The largest absolute Gasteiger partial charge is 0.493 e. The van der Waals surface area contributed by atoms with Gasteiger partial charge in [-0.05, 0) is 120 Å². The van der Waals surface area contributed by atoms with Crippen molar-refractivity contribution in [2.75, 3.05) is 45.9 Å². The SMILES string of the molecule is Cc1cccc(OCC(=O)N2CCN(CCn3c(C(=O)OC(C)(C)C)c(CCCOc4cccc5cc(F)ccc45)c4ccc(Cl)c(-c5c(C)nn(C)c5C)c43)CC2)c1C. The molecule has 1 saturated heterocycles. The Balaban J connectivity index is 1.19. The van der Waals surface area contributed by atoms with Gasteiger partial charge >= 0.3 is 5.97 Å². The first-order valence-electron chi connectivity index (χ1n) is 20.7. The van der Waals surface area contributed by atoms with Crippen LogP contribution < -0.4 is 9.47 Å². The van der Waals surface area contributed by atoms with Crippen LogP contribution in [0.15, 0.2) is 66.7 Å². The normalized spacial score (nSPS) is 13.7. The molecular weight excluding hydrogens is 781 g/mol. The predicted octanol–water partition coefficient (Wildman–Crippen LogP) is 9.41. The monoisotopic (exact) mass is 835 g/mol. The fourth-order valence-electron chi connectivity index (χ4n) is 8.26. The van der Waals surface area contributed by atoms with E-state index >= 15 is 0 Å². The van der Waals surface area contributed by atoms with Crippen molar-refractivity contribution in [3.8, 4) is 22.6 Å². The number of aryl methyl sites for hydroxylation is 4. The van der Waals surface area contributed by atoms with Gasteiger partial charge in [-0.15, -0.1) is 0 Å². The summed E-state index contributed by atoms with van der Waals surface area (Å²) in [5.74, 6) is 0.659. The minimum Gasteiger partial charge on any atom is -0.493 e. The van der Waals surface area contributed by atoms with E-state index < -0.39 is 11.6 Å². The van der Waals surface area contributed by atoms with Crippen molar-refractivity contribution in [1.82, 2.24) is 24.1 Å². The molecule has 316 valence electrons. The van der Waals surface area contributed by atoms with E-state index in [4.69, 9.17) is 30.9 Å². The predicted molar refractivity (Wildman–Crippen MR) is 236 cm³/mol. The number of hydrogen-bond acceptors (Lipinski definition) is 7. The molecule has 3 heterocycles. The summed E-state index contributed by atoms with van der Waals surface area (Å²) in [5.41, 5.74) is 7.17. The molecule has 1 aliphatic rings. The van der Waals surface area contributed by atoms with Gasteiger partial charge in [-0.2, -0.15) is 5.10 Å². The summed E-state index contributed by atoms with van der Waals surface area (Å²) >= 11 is 7.17. The highest BCUT2D eigenvalue weighted by molar-refractivity contribution is 6.35. The Labute approximate surface area is 356 Å². The molecule has 0 spiro atoms. The van der Waals surface area contributed by atoms with Crippen LogP contribution >= 0.6 is 11.6 Å². The number of halogens is 2. The van der Waals surface area contributed by atoms with Gasteiger partial charge in [0.25, 0.3) is 5.91 Å². The first-order valence-corrected chi connectivity index (χ1v) is 21.1. The minimum absolute atomic E-state index is 0.00858. The molecule has 10 nitrogen and oxygen atoms in total. The van der Waals surface area contributed by atoms with Gasteiger partial charge in [-0.3, -0.25) is 14.4 Å². The summed E-state index contributed by atoms with van der Waals surface area (Å²) in [5, 5.41) is 7.82. The molecule has 0 N–H and O–H groups in total. The fraction of sp³-hybridized carbons (Fsp3) is 0.396. The summed E-state index contributed by atoms with van der Waals surface area (Å²) in [6.07, 6.45) is 1.12. The zero-order valence-electron chi connectivity index (χ0n) is 36.0. The van der Waals surface area contributed by atoms with E-state index in [1.165, 1.54) is 12.1 Å². The first-order chi connectivity index (χ1) is 28.6. The van der Waals surface area contributed by atoms with Gasteiger partial charge in [0.15, 0.2) is 6.61 Å². The van der Waals surface area contributed by atoms with Gasteiger partial charge in [0.05, 0.1) is 22.8 Å². The average molecular weight is 836 g/mol. The third-order valence-corrected chi connectivity index (χ3v) is 11.8. The van der Waals surface area contributed by atoms with Crippen LogP contribution in [0.25, 0.3) is 32.8 Å². The molecule has 1 amide bonds. The number of carbonyl (C=O) groups excluding carboxylic acids is 2. The fourth-order valence-corrected chi connectivity index (χ4v) is 8.50. The number of carbonyl (C=O) groups is 2. The number of esters is 1. The van der Waals surface area contributed by atoms with Crippen molar-refractivity contribution in [2.24, 2.45) is 7.05 Å². The highest BCUT2D eigenvalue weighted by Gasteiger charge is 2.31. The Hall–Kier alpha value is -5.39. The van der Waals surface area contributed by atoms with Crippen LogP contribution in [0.4, 0.5) is 4.39 Å². The maximum atomic E-state index is 14.5. The lowest BCUT2D eigenvalue weighted by Gasteiger charge is -2.35. The van der Waals surface area contributed by atoms with Gasteiger partial charge in [-0.25, -0.2) is 9.18 Å². The molecular formula is C48H55ClFN5O5. The molecule has 0 radical (unpaired) electrons. The first kappa shape index (κ1) is 42.7. The van der Waals surface area contributed by atoms with Gasteiger partial charge in [0.2, 0.25) is 0 Å². The number of ether oxygens (including phenoxy) is 3. The lowest BCUT2D eigenvalue weighted by Crippen LogP contribution is -2.50. The number of hydrogen-bond donors (Lipinski definition) is 0. The van der Waals surface area contributed by atoms with Crippen LogP contribution in [0.5, 0.6) is 11.5 Å². The third-order valence-electron chi connectivity index (χ3n) is 11.5.